The molecule has 0 spiro atoms. The molecule has 1 aliphatic rings. The largest absolute Gasteiger partial charge is 0.390 e. The molecule has 0 bridgehead atoms. The lowest BCUT2D eigenvalue weighted by Gasteiger charge is -2.28. The highest BCUT2D eigenvalue weighted by Crippen LogP contribution is 2.35. The number of allylic oxidation sites excluding steroid dienone is 1. The van der Waals surface area contributed by atoms with Crippen molar-refractivity contribution in [2.75, 3.05) is 13.6 Å². The number of nitrogens with zero attached hydrogens (tertiary/aromatic N) is 2. The number of rotatable bonds is 7. The molecule has 8 heteroatoms. The second kappa shape index (κ2) is 9.76. The van der Waals surface area contributed by atoms with Crippen molar-refractivity contribution >= 4 is 38.6 Å². The van der Waals surface area contributed by atoms with E-state index in [1.54, 1.807) is 36.5 Å². The maximum atomic E-state index is 12.9. The fourth-order valence-electron chi connectivity index (χ4n) is 4.71. The average Bonchev–Trinajstić information content (AvgIpc) is 3.13. The third-order valence-electron chi connectivity index (χ3n) is 6.60. The number of hydrogen-bond acceptors (Lipinski definition) is 5. The van der Waals surface area contributed by atoms with Crippen LogP contribution in [0, 0.1) is 12.3 Å². The van der Waals surface area contributed by atoms with E-state index in [0.717, 1.165) is 26.3 Å². The van der Waals surface area contributed by atoms with Gasteiger partial charge in [0.1, 0.15) is 0 Å². The number of ketones is 2. The predicted molar refractivity (Wildman–Crippen MR) is 140 cm³/mol. The second-order valence-electron chi connectivity index (χ2n) is 10.4. The lowest BCUT2D eigenvalue weighted by atomic mass is 9.74. The second-order valence-corrected chi connectivity index (χ2v) is 12.5. The van der Waals surface area contributed by atoms with Gasteiger partial charge in [0.25, 0.3) is 0 Å². The molecule has 190 valence electrons. The first kappa shape index (κ1) is 26.0. The van der Waals surface area contributed by atoms with Crippen molar-refractivity contribution in [1.29, 1.82) is 0 Å². The Balaban J connectivity index is 1.57. The Bertz CT molecular complexity index is 1430. The molecule has 0 saturated heterocycles. The molecule has 1 atom stereocenters. The summed E-state index contributed by atoms with van der Waals surface area (Å²) in [6, 6.07) is 14.1. The summed E-state index contributed by atoms with van der Waals surface area (Å²) in [6.45, 7) is 5.78. The third-order valence-corrected chi connectivity index (χ3v) is 8.44. The van der Waals surface area contributed by atoms with E-state index in [-0.39, 0.29) is 40.5 Å². The van der Waals surface area contributed by atoms with Crippen LogP contribution in [0.4, 0.5) is 0 Å². The minimum absolute atomic E-state index is 0.0921. The highest BCUT2D eigenvalue weighted by molar-refractivity contribution is 7.89. The van der Waals surface area contributed by atoms with Crippen LogP contribution >= 0.6 is 0 Å². The van der Waals surface area contributed by atoms with E-state index >= 15 is 0 Å². The van der Waals surface area contributed by atoms with E-state index in [2.05, 4.69) is 0 Å². The molecule has 1 saturated carbocycles. The molecule has 0 radical (unpaired) electrons. The van der Waals surface area contributed by atoms with Gasteiger partial charge in [0.2, 0.25) is 10.0 Å². The molecule has 1 aliphatic carbocycles. The Morgan fingerprint density at radius 3 is 2.31 bits per heavy atom. The molecule has 1 fully saturated rings. The lowest BCUT2D eigenvalue weighted by Crippen LogP contribution is -2.36. The molecule has 4 rings (SSSR count). The van der Waals surface area contributed by atoms with Crippen LogP contribution < -0.4 is 0 Å². The van der Waals surface area contributed by atoms with Crippen molar-refractivity contribution in [3.8, 4) is 0 Å². The molecule has 2 aromatic carbocycles. The van der Waals surface area contributed by atoms with Gasteiger partial charge in [-0.25, -0.2) is 8.42 Å². The zero-order valence-electron chi connectivity index (χ0n) is 21.1. The quantitative estimate of drug-likeness (QED) is 0.385. The number of aryl methyl sites for hydroxylation is 1. The van der Waals surface area contributed by atoms with Gasteiger partial charge in [0.15, 0.2) is 11.6 Å². The minimum atomic E-state index is -3.74. The summed E-state index contributed by atoms with van der Waals surface area (Å²) >= 11 is 0. The van der Waals surface area contributed by atoms with Gasteiger partial charge < -0.3 is 9.67 Å². The zero-order valence-corrected chi connectivity index (χ0v) is 21.9. The topological polar surface area (TPSA) is 96.7 Å². The summed E-state index contributed by atoms with van der Waals surface area (Å²) in [5.74, 6) is -0.313. The number of hydrogen-bond donors (Lipinski definition) is 1. The fraction of sp³-hybridized carbons (Fsp3) is 0.357. The molecule has 7 nitrogen and oxygen atoms in total. The monoisotopic (exact) mass is 508 g/mol. The predicted octanol–water partition coefficient (Wildman–Crippen LogP) is 3.97. The van der Waals surface area contributed by atoms with Crippen LogP contribution in [0.3, 0.4) is 0 Å². The van der Waals surface area contributed by atoms with E-state index < -0.39 is 16.1 Å². The Morgan fingerprint density at radius 2 is 1.67 bits per heavy atom. The summed E-state index contributed by atoms with van der Waals surface area (Å²) in [5.41, 5.74) is 2.37. The first-order chi connectivity index (χ1) is 16.9. The smallest absolute Gasteiger partial charge is 0.242 e. The molecular formula is C28H32N2O5S. The number of carbonyl (C=O) groups excluding carboxylic acids is 2. The van der Waals surface area contributed by atoms with Crippen molar-refractivity contribution in [3.05, 3.63) is 71.4 Å². The highest BCUT2D eigenvalue weighted by Gasteiger charge is 2.35. The minimum Gasteiger partial charge on any atom is -0.390 e. The Morgan fingerprint density at radius 1 is 1.06 bits per heavy atom. The standard InChI is InChI=1S/C28H32N2O5S/c1-19-9-11-22(12-10-19)36(34,35)29(4)17-21(31)18-30-16-20(23-7-5-6-8-25(23)30)13-24-26(32)14-28(2,3)15-27(24)33/h5-13,16,21,31H,14-15,17-18H2,1-4H3/t21-/m1/s1. The van der Waals surface area contributed by atoms with Crippen molar-refractivity contribution in [1.82, 2.24) is 8.87 Å². The Kier molecular flexibility index (Phi) is 7.05. The van der Waals surface area contributed by atoms with Gasteiger partial charge in [0, 0.05) is 55.6 Å². The molecule has 0 aliphatic heterocycles. The zero-order chi connectivity index (χ0) is 26.3. The van der Waals surface area contributed by atoms with Gasteiger partial charge in [-0.3, -0.25) is 9.59 Å². The van der Waals surface area contributed by atoms with Crippen LogP contribution in [0.15, 0.2) is 65.2 Å². The van der Waals surface area contributed by atoms with Crippen LogP contribution in [-0.2, 0) is 26.2 Å². The Hall–Kier alpha value is -3.07. The van der Waals surface area contributed by atoms with E-state index in [1.165, 1.54) is 7.05 Å². The Labute approximate surface area is 212 Å². The number of para-hydroxylation sites is 1. The number of aliphatic hydroxyl groups excluding tert-OH is 1. The number of aliphatic hydroxyl groups is 1. The maximum absolute atomic E-state index is 12.9. The molecule has 36 heavy (non-hydrogen) atoms. The summed E-state index contributed by atoms with van der Waals surface area (Å²) < 4.78 is 28.8. The SMILES string of the molecule is Cc1ccc(S(=O)(=O)N(C)C[C@@H](O)Cn2cc(C=C3C(=O)CC(C)(C)CC3=O)c3ccccc32)cc1. The molecule has 0 amide bonds. The average molecular weight is 509 g/mol. The number of likely N-dealkylation sites (N-methyl/N-ethyl adjacent to an activating group) is 1. The molecule has 1 N–H and O–H groups in total. The molecule has 1 heterocycles. The lowest BCUT2D eigenvalue weighted by molar-refractivity contribution is -0.127. The summed E-state index contributed by atoms with van der Waals surface area (Å²) in [6.07, 6.45) is 3.12. The van der Waals surface area contributed by atoms with Crippen LogP contribution in [0.5, 0.6) is 0 Å². The van der Waals surface area contributed by atoms with Gasteiger partial charge in [-0.05, 0) is 36.6 Å². The van der Waals surface area contributed by atoms with Crippen molar-refractivity contribution in [2.45, 2.75) is 51.2 Å². The van der Waals surface area contributed by atoms with E-state index in [9.17, 15) is 23.1 Å². The van der Waals surface area contributed by atoms with Gasteiger partial charge in [0.05, 0.1) is 16.6 Å². The van der Waals surface area contributed by atoms with Gasteiger partial charge in [-0.15, -0.1) is 0 Å². The number of sulfonamides is 1. The normalized spacial score (nSPS) is 17.1. The number of fused-ring (bicyclic) bond motifs is 1. The van der Waals surface area contributed by atoms with Crippen LogP contribution in [-0.4, -0.2) is 53.7 Å². The fourth-order valence-corrected chi connectivity index (χ4v) is 5.91. The van der Waals surface area contributed by atoms with Crippen molar-refractivity contribution in [2.24, 2.45) is 5.41 Å². The van der Waals surface area contributed by atoms with E-state index in [4.69, 9.17) is 0 Å². The summed E-state index contributed by atoms with van der Waals surface area (Å²) in [4.78, 5) is 25.6. The summed E-state index contributed by atoms with van der Waals surface area (Å²) in [5, 5.41) is 11.7. The molecule has 0 unspecified atom stereocenters. The first-order valence-corrected chi connectivity index (χ1v) is 13.4. The molecule has 3 aromatic rings. The van der Waals surface area contributed by atoms with Crippen LogP contribution in [0.2, 0.25) is 0 Å². The highest BCUT2D eigenvalue weighted by atomic mass is 32.2. The van der Waals surface area contributed by atoms with Crippen LogP contribution in [0.1, 0.15) is 37.8 Å². The van der Waals surface area contributed by atoms with E-state index in [0.29, 0.717) is 12.8 Å². The molecule has 1 aromatic heterocycles. The first-order valence-electron chi connectivity index (χ1n) is 11.9. The maximum Gasteiger partial charge on any atom is 0.242 e. The molecular weight excluding hydrogens is 476 g/mol. The number of aromatic nitrogens is 1. The number of Topliss-reactive ketones (excluding diaryl/α,β-unsaturated/α-hetero) is 2. The van der Waals surface area contributed by atoms with Crippen molar-refractivity contribution < 1.29 is 23.1 Å². The number of carbonyl (C=O) groups is 2. The third kappa shape index (κ3) is 5.36. The van der Waals surface area contributed by atoms with Crippen LogP contribution in [0.25, 0.3) is 17.0 Å². The summed E-state index contributed by atoms with van der Waals surface area (Å²) in [7, 11) is -2.29. The van der Waals surface area contributed by atoms with E-state index in [1.807, 2.05) is 49.6 Å². The number of benzene rings is 2. The van der Waals surface area contributed by atoms with Gasteiger partial charge >= 0.3 is 0 Å². The van der Waals surface area contributed by atoms with Crippen molar-refractivity contribution in [3.63, 3.8) is 0 Å². The van der Waals surface area contributed by atoms with Gasteiger partial charge in [-0.2, -0.15) is 4.31 Å². The van der Waals surface area contributed by atoms with Gasteiger partial charge in [-0.1, -0.05) is 49.7 Å².